The van der Waals surface area contributed by atoms with Crippen molar-refractivity contribution in [1.29, 1.82) is 0 Å². The van der Waals surface area contributed by atoms with Gasteiger partial charge in [-0.2, -0.15) is 23.8 Å². The van der Waals surface area contributed by atoms with Crippen molar-refractivity contribution in [2.24, 2.45) is 0 Å². The van der Waals surface area contributed by atoms with Crippen molar-refractivity contribution in [2.45, 2.75) is 79.1 Å². The summed E-state index contributed by atoms with van der Waals surface area (Å²) in [5, 5.41) is 5.29. The summed E-state index contributed by atoms with van der Waals surface area (Å²) in [6, 6.07) is 41.4. The first-order valence-corrected chi connectivity index (χ1v) is 19.0. The summed E-state index contributed by atoms with van der Waals surface area (Å²) in [6.45, 7) is 18.2. The van der Waals surface area contributed by atoms with Crippen molar-refractivity contribution in [1.82, 2.24) is 0 Å². The van der Waals surface area contributed by atoms with Gasteiger partial charge in [0, 0.05) is 0 Å². The van der Waals surface area contributed by atoms with Gasteiger partial charge in [-0.3, -0.25) is 6.08 Å². The molecule has 0 unspecified atom stereocenters. The van der Waals surface area contributed by atoms with Crippen LogP contribution in [0.4, 0.5) is 0 Å². The van der Waals surface area contributed by atoms with Gasteiger partial charge in [-0.25, -0.2) is 12.2 Å². The molecule has 0 spiro atoms. The second-order valence-electron chi connectivity index (χ2n) is 15.6. The van der Waals surface area contributed by atoms with Crippen LogP contribution in [0.3, 0.4) is 0 Å². The number of allylic oxidation sites excluding steroid dienone is 4. The van der Waals surface area contributed by atoms with Crippen molar-refractivity contribution >= 4 is 24.8 Å². The molecule has 0 heterocycles. The molecule has 0 nitrogen and oxygen atoms in total. The molecule has 6 aromatic carbocycles. The minimum atomic E-state index is 0.163. The van der Waals surface area contributed by atoms with Crippen molar-refractivity contribution in [2.75, 3.05) is 0 Å². The Morgan fingerprint density at radius 1 is 0.640 bits per heavy atom. The van der Waals surface area contributed by atoms with E-state index in [1.807, 2.05) is 12.2 Å². The molecule has 0 N–H and O–H groups in total. The Labute approximate surface area is 315 Å². The molecule has 50 heavy (non-hydrogen) atoms. The van der Waals surface area contributed by atoms with Gasteiger partial charge in [0.25, 0.3) is 0 Å². The molecule has 0 radical (unpaired) electrons. The number of fused-ring (bicyclic) bond motifs is 5. The summed E-state index contributed by atoms with van der Waals surface area (Å²) >= 11 is 1.44. The molecule has 248 valence electrons. The van der Waals surface area contributed by atoms with Crippen LogP contribution in [-0.2, 0) is 41.5 Å². The molecular weight excluding hydrogens is 680 g/mol. The van der Waals surface area contributed by atoms with E-state index in [2.05, 4.69) is 177 Å². The molecular formula is C49H48Zr. The van der Waals surface area contributed by atoms with Crippen LogP contribution in [0.1, 0.15) is 92.5 Å². The van der Waals surface area contributed by atoms with E-state index < -0.39 is 0 Å². The van der Waals surface area contributed by atoms with E-state index in [1.54, 1.807) is 0 Å². The zero-order chi connectivity index (χ0) is 35.6. The normalized spacial score (nSPS) is 13.0. The fraction of sp³-hybridized carbons (Fsp3) is 0.245. The standard InChI is InChI=1S/C23H29.C21H14.C5H5.Zr/c1-14-9-16-11-17-10-15(2)21(23(6,7)8)13-19(17)18(16)12-20(14)22(3,4)5;1-3-13-20-16(7-1)9-5-11-18(20)15-19-12-6-10-17-8-2-4-14-21(17)19;1-2-4-5-3-1;/h9,12-13H,11H2,1-8H3;1-14H;1-3H,4H2;/q-1;;-1;+2. The fourth-order valence-electron chi connectivity index (χ4n) is 7.39. The van der Waals surface area contributed by atoms with Crippen LogP contribution < -0.4 is 0 Å². The van der Waals surface area contributed by atoms with Crippen LogP contribution >= 0.6 is 0 Å². The van der Waals surface area contributed by atoms with E-state index in [4.69, 9.17) is 0 Å². The van der Waals surface area contributed by atoms with Crippen molar-refractivity contribution < 1.29 is 24.2 Å². The van der Waals surface area contributed by atoms with Crippen LogP contribution in [0, 0.1) is 26.0 Å². The van der Waals surface area contributed by atoms with Gasteiger partial charge in [0.2, 0.25) is 0 Å². The van der Waals surface area contributed by atoms with Crippen LogP contribution in [0.5, 0.6) is 0 Å². The molecule has 0 aliphatic heterocycles. The summed E-state index contributed by atoms with van der Waals surface area (Å²) in [4.78, 5) is 0. The molecule has 2 aliphatic carbocycles. The van der Waals surface area contributed by atoms with E-state index >= 15 is 0 Å². The predicted molar refractivity (Wildman–Crippen MR) is 213 cm³/mol. The Morgan fingerprint density at radius 3 is 1.68 bits per heavy atom. The van der Waals surface area contributed by atoms with Gasteiger partial charge in [-0.15, -0.1) is 23.1 Å². The van der Waals surface area contributed by atoms with Gasteiger partial charge in [0.05, 0.1) is 0 Å². The minimum absolute atomic E-state index is 0.163. The summed E-state index contributed by atoms with van der Waals surface area (Å²) in [7, 11) is 0. The van der Waals surface area contributed by atoms with E-state index in [0.29, 0.717) is 0 Å². The molecule has 0 fully saturated rings. The zero-order valence-corrected chi connectivity index (χ0v) is 33.4. The molecule has 0 saturated carbocycles. The van der Waals surface area contributed by atoms with Gasteiger partial charge < -0.3 is 0 Å². The Kier molecular flexibility index (Phi) is 10.6. The van der Waals surface area contributed by atoms with Crippen LogP contribution in [0.15, 0.2) is 121 Å². The Balaban J connectivity index is 0.000000152. The third kappa shape index (κ3) is 7.70. The van der Waals surface area contributed by atoms with Crippen molar-refractivity contribution in [3.05, 3.63) is 178 Å². The fourth-order valence-corrected chi connectivity index (χ4v) is 8.47. The summed E-state index contributed by atoms with van der Waals surface area (Å²) in [5.74, 6) is 0. The van der Waals surface area contributed by atoms with Crippen LogP contribution in [0.2, 0.25) is 0 Å². The molecule has 0 saturated heterocycles. The molecule has 0 amide bonds. The van der Waals surface area contributed by atoms with Crippen molar-refractivity contribution in [3.63, 3.8) is 0 Å². The van der Waals surface area contributed by atoms with Gasteiger partial charge in [-0.1, -0.05) is 71.6 Å². The number of rotatable bonds is 2. The average molecular weight is 728 g/mol. The molecule has 6 aromatic rings. The predicted octanol–water partition coefficient (Wildman–Crippen LogP) is 12.7. The zero-order valence-electron chi connectivity index (χ0n) is 31.0. The monoisotopic (exact) mass is 726 g/mol. The Morgan fingerprint density at radius 2 is 1.18 bits per heavy atom. The molecule has 0 aromatic heterocycles. The van der Waals surface area contributed by atoms with Gasteiger partial charge in [0.1, 0.15) is 0 Å². The third-order valence-electron chi connectivity index (χ3n) is 9.78. The maximum absolute atomic E-state index is 3.69. The first-order chi connectivity index (χ1) is 23.8. The number of aryl methyl sites for hydroxylation is 2. The number of hydrogen-bond acceptors (Lipinski definition) is 0. The molecule has 2 aliphatic rings. The SMILES string of the molecule is Cc1[c-]c2c(cc1C(C)(C)C)-c1cc(C(C)(C)C)c(C)cc1C2.[C-]1=CC=CC1.[Zr+2]=[C](c1cccc2ccccc12)c1cccc2ccccc12. The molecule has 0 atom stereocenters. The van der Waals surface area contributed by atoms with E-state index in [-0.39, 0.29) is 10.8 Å². The topological polar surface area (TPSA) is 0 Å². The van der Waals surface area contributed by atoms with Gasteiger partial charge in [0.15, 0.2) is 0 Å². The summed E-state index contributed by atoms with van der Waals surface area (Å²) < 4.78 is 1.42. The number of hydrogen-bond donors (Lipinski definition) is 0. The Bertz CT molecular complexity index is 2090. The summed E-state index contributed by atoms with van der Waals surface area (Å²) in [6.07, 6.45) is 11.0. The van der Waals surface area contributed by atoms with Crippen molar-refractivity contribution in [3.8, 4) is 11.1 Å². The number of benzene rings is 6. The second kappa shape index (κ2) is 14.7. The van der Waals surface area contributed by atoms with Crippen LogP contribution in [0.25, 0.3) is 32.7 Å². The Hall–Kier alpha value is -3.93. The third-order valence-corrected chi connectivity index (χ3v) is 11.1. The van der Waals surface area contributed by atoms with Gasteiger partial charge >= 0.3 is 145 Å². The maximum atomic E-state index is 3.69. The van der Waals surface area contributed by atoms with E-state index in [9.17, 15) is 0 Å². The van der Waals surface area contributed by atoms with E-state index in [1.165, 1.54) is 105 Å². The molecule has 0 bridgehead atoms. The molecule has 8 rings (SSSR count). The first-order valence-electron chi connectivity index (χ1n) is 17.8. The molecule has 1 heteroatoms. The second-order valence-corrected chi connectivity index (χ2v) is 16.9. The summed E-state index contributed by atoms with van der Waals surface area (Å²) in [5.41, 5.74) is 14.3. The van der Waals surface area contributed by atoms with Gasteiger partial charge in [-0.05, 0) is 35.4 Å². The average Bonchev–Trinajstić information content (AvgIpc) is 3.78. The van der Waals surface area contributed by atoms with Crippen LogP contribution in [-0.4, -0.2) is 3.21 Å². The van der Waals surface area contributed by atoms with E-state index in [0.717, 1.165) is 12.8 Å². The first kappa shape index (κ1) is 35.9. The quantitative estimate of drug-likeness (QED) is 0.156.